The highest BCUT2D eigenvalue weighted by Crippen LogP contribution is 2.23. The lowest BCUT2D eigenvalue weighted by atomic mass is 9.92. The number of hydrogen-bond acceptors (Lipinski definition) is 4. The molecule has 0 aliphatic carbocycles. The fraction of sp³-hybridized carbons (Fsp3) is 0.421. The van der Waals surface area contributed by atoms with Crippen molar-refractivity contribution in [2.45, 2.75) is 32.5 Å². The molecule has 1 amide bonds. The highest BCUT2D eigenvalue weighted by molar-refractivity contribution is 5.93. The Bertz CT molecular complexity index is 657. The number of hydrogen-bond donors (Lipinski definition) is 1. The number of aliphatic hydroxyl groups excluding tert-OH is 1. The van der Waals surface area contributed by atoms with E-state index >= 15 is 0 Å². The van der Waals surface area contributed by atoms with Crippen molar-refractivity contribution in [1.82, 2.24) is 4.90 Å². The minimum Gasteiger partial charge on any atom is -0.489 e. The number of para-hydroxylation sites is 1. The van der Waals surface area contributed by atoms with Crippen molar-refractivity contribution in [2.24, 2.45) is 5.92 Å². The molecule has 24 heavy (non-hydrogen) atoms. The van der Waals surface area contributed by atoms with E-state index in [9.17, 15) is 9.90 Å². The molecule has 1 fully saturated rings. The van der Waals surface area contributed by atoms with Gasteiger partial charge in [-0.3, -0.25) is 4.79 Å². The number of ether oxygens (including phenoxy) is 1. The van der Waals surface area contributed by atoms with Gasteiger partial charge in [0.2, 0.25) is 0 Å². The quantitative estimate of drug-likeness (QED) is 0.915. The zero-order chi connectivity index (χ0) is 16.9. The highest BCUT2D eigenvalue weighted by Gasteiger charge is 2.28. The van der Waals surface area contributed by atoms with Gasteiger partial charge in [0.05, 0.1) is 12.4 Å². The molecule has 3 rings (SSSR count). The minimum absolute atomic E-state index is 0.101. The third kappa shape index (κ3) is 3.79. The van der Waals surface area contributed by atoms with Crippen LogP contribution in [-0.4, -0.2) is 35.1 Å². The lowest BCUT2D eigenvalue weighted by Gasteiger charge is -2.32. The number of carbonyl (C=O) groups is 1. The lowest BCUT2D eigenvalue weighted by molar-refractivity contribution is 0.0495. The Morgan fingerprint density at radius 2 is 2.00 bits per heavy atom. The van der Waals surface area contributed by atoms with Gasteiger partial charge in [0.25, 0.3) is 5.91 Å². The molecule has 1 aliphatic rings. The third-order valence-corrected chi connectivity index (χ3v) is 4.59. The molecule has 2 aromatic rings. The van der Waals surface area contributed by atoms with Crippen LogP contribution in [0, 0.1) is 5.92 Å². The Morgan fingerprint density at radius 3 is 2.67 bits per heavy atom. The number of aliphatic hydroxyl groups is 1. The molecule has 1 unspecified atom stereocenters. The summed E-state index contributed by atoms with van der Waals surface area (Å²) in [6, 6.07) is 11.3. The largest absolute Gasteiger partial charge is 0.489 e. The van der Waals surface area contributed by atoms with Crippen molar-refractivity contribution in [3.05, 3.63) is 54.0 Å². The smallest absolute Gasteiger partial charge is 0.289 e. The van der Waals surface area contributed by atoms with Gasteiger partial charge in [-0.25, -0.2) is 0 Å². The maximum absolute atomic E-state index is 12.7. The summed E-state index contributed by atoms with van der Waals surface area (Å²) in [7, 11) is 0. The predicted octanol–water partition coefficient (Wildman–Crippen LogP) is 3.09. The number of likely N-dealkylation sites (tertiary alicyclic amines) is 1. The van der Waals surface area contributed by atoms with Crippen LogP contribution in [0.3, 0.4) is 0 Å². The number of benzene rings is 1. The molecular weight excluding hydrogens is 306 g/mol. The molecule has 1 atom stereocenters. The molecule has 0 radical (unpaired) electrons. The lowest BCUT2D eigenvalue weighted by Crippen LogP contribution is -2.40. The topological polar surface area (TPSA) is 62.9 Å². The Morgan fingerprint density at radius 1 is 1.29 bits per heavy atom. The normalized spacial score (nSPS) is 16.8. The molecule has 128 valence electrons. The van der Waals surface area contributed by atoms with Gasteiger partial charge in [-0.1, -0.05) is 18.2 Å². The van der Waals surface area contributed by atoms with Crippen LogP contribution in [0.5, 0.6) is 5.75 Å². The summed E-state index contributed by atoms with van der Waals surface area (Å²) in [6.45, 7) is 3.40. The van der Waals surface area contributed by atoms with Gasteiger partial charge in [0, 0.05) is 18.7 Å². The predicted molar refractivity (Wildman–Crippen MR) is 89.8 cm³/mol. The zero-order valence-corrected chi connectivity index (χ0v) is 13.9. The number of rotatable bonds is 5. The molecule has 5 heteroatoms. The van der Waals surface area contributed by atoms with E-state index in [4.69, 9.17) is 9.15 Å². The van der Waals surface area contributed by atoms with Gasteiger partial charge in [-0.05, 0) is 43.9 Å². The third-order valence-electron chi connectivity index (χ3n) is 4.59. The standard InChI is InChI=1S/C19H23NO4/c1-14(21)15-7-10-20(11-8-15)19(22)18-16(9-12-23-18)13-24-17-5-3-2-4-6-17/h2-6,9,12,14-15,21H,7-8,10-11,13H2,1H3. The summed E-state index contributed by atoms with van der Waals surface area (Å²) in [5, 5.41) is 9.67. The first-order valence-electron chi connectivity index (χ1n) is 8.36. The Labute approximate surface area is 141 Å². The van der Waals surface area contributed by atoms with E-state index in [-0.39, 0.29) is 17.9 Å². The van der Waals surface area contributed by atoms with E-state index in [2.05, 4.69) is 0 Å². The van der Waals surface area contributed by atoms with Crippen LogP contribution in [-0.2, 0) is 6.61 Å². The summed E-state index contributed by atoms with van der Waals surface area (Å²) in [5.41, 5.74) is 0.751. The van der Waals surface area contributed by atoms with Crippen LogP contribution >= 0.6 is 0 Å². The summed E-state index contributed by atoms with van der Waals surface area (Å²) >= 11 is 0. The van der Waals surface area contributed by atoms with Crippen LogP contribution in [0.25, 0.3) is 0 Å². The molecule has 1 saturated heterocycles. The van der Waals surface area contributed by atoms with E-state index in [0.717, 1.165) is 24.2 Å². The second kappa shape index (κ2) is 7.53. The zero-order valence-electron chi connectivity index (χ0n) is 13.9. The van der Waals surface area contributed by atoms with Crippen LogP contribution in [0.1, 0.15) is 35.9 Å². The molecule has 2 heterocycles. The summed E-state index contributed by atoms with van der Waals surface area (Å²) in [5.74, 6) is 1.28. The minimum atomic E-state index is -0.319. The molecule has 0 saturated carbocycles. The van der Waals surface area contributed by atoms with Gasteiger partial charge < -0.3 is 19.2 Å². The maximum atomic E-state index is 12.7. The summed E-state index contributed by atoms with van der Waals surface area (Å²) in [4.78, 5) is 14.5. The first-order chi connectivity index (χ1) is 11.6. The van der Waals surface area contributed by atoms with Crippen molar-refractivity contribution in [3.8, 4) is 5.75 Å². The number of nitrogens with zero attached hydrogens (tertiary/aromatic N) is 1. The first kappa shape index (κ1) is 16.6. The van der Waals surface area contributed by atoms with E-state index < -0.39 is 0 Å². The monoisotopic (exact) mass is 329 g/mol. The van der Waals surface area contributed by atoms with Crippen LogP contribution in [0.4, 0.5) is 0 Å². The second-order valence-corrected chi connectivity index (χ2v) is 6.25. The molecule has 1 N–H and O–H groups in total. The average Bonchev–Trinajstić information content (AvgIpc) is 3.09. The van der Waals surface area contributed by atoms with Gasteiger partial charge in [-0.2, -0.15) is 0 Å². The van der Waals surface area contributed by atoms with Crippen molar-refractivity contribution in [3.63, 3.8) is 0 Å². The Kier molecular flexibility index (Phi) is 5.20. The molecule has 1 aromatic carbocycles. The van der Waals surface area contributed by atoms with E-state index in [1.807, 2.05) is 37.3 Å². The van der Waals surface area contributed by atoms with Crippen LogP contribution < -0.4 is 4.74 Å². The summed E-state index contributed by atoms with van der Waals surface area (Å²) in [6.07, 6.45) is 2.85. The summed E-state index contributed by atoms with van der Waals surface area (Å²) < 4.78 is 11.1. The molecule has 1 aromatic heterocycles. The maximum Gasteiger partial charge on any atom is 0.289 e. The van der Waals surface area contributed by atoms with Gasteiger partial charge in [0.1, 0.15) is 12.4 Å². The highest BCUT2D eigenvalue weighted by atomic mass is 16.5. The van der Waals surface area contributed by atoms with Crippen molar-refractivity contribution in [2.75, 3.05) is 13.1 Å². The SMILES string of the molecule is CC(O)C1CCN(C(=O)c2occc2COc2ccccc2)CC1. The average molecular weight is 329 g/mol. The number of piperidine rings is 1. The number of amides is 1. The molecule has 0 spiro atoms. The van der Waals surface area contributed by atoms with Crippen molar-refractivity contribution >= 4 is 5.91 Å². The number of carbonyl (C=O) groups excluding carboxylic acids is 1. The second-order valence-electron chi connectivity index (χ2n) is 6.25. The fourth-order valence-corrected chi connectivity index (χ4v) is 3.04. The van der Waals surface area contributed by atoms with E-state index in [1.165, 1.54) is 6.26 Å². The molecule has 5 nitrogen and oxygen atoms in total. The van der Waals surface area contributed by atoms with Gasteiger partial charge >= 0.3 is 0 Å². The molecule has 0 bridgehead atoms. The van der Waals surface area contributed by atoms with Crippen LogP contribution in [0.15, 0.2) is 47.1 Å². The molecular formula is C19H23NO4. The van der Waals surface area contributed by atoms with E-state index in [1.54, 1.807) is 11.0 Å². The Balaban J connectivity index is 1.61. The van der Waals surface area contributed by atoms with Gasteiger partial charge in [0.15, 0.2) is 5.76 Å². The van der Waals surface area contributed by atoms with Crippen molar-refractivity contribution < 1.29 is 19.1 Å². The van der Waals surface area contributed by atoms with Gasteiger partial charge in [-0.15, -0.1) is 0 Å². The van der Waals surface area contributed by atoms with Crippen molar-refractivity contribution in [1.29, 1.82) is 0 Å². The first-order valence-corrected chi connectivity index (χ1v) is 8.36. The van der Waals surface area contributed by atoms with E-state index in [0.29, 0.717) is 25.5 Å². The van der Waals surface area contributed by atoms with Crippen LogP contribution in [0.2, 0.25) is 0 Å². The Hall–Kier alpha value is -2.27. The molecule has 1 aliphatic heterocycles. The number of furan rings is 1. The fourth-order valence-electron chi connectivity index (χ4n) is 3.04.